The lowest BCUT2D eigenvalue weighted by Crippen LogP contribution is -2.21. The zero-order valence-corrected chi connectivity index (χ0v) is 16.9. The Kier molecular flexibility index (Phi) is 5.59. The molecule has 1 amide bonds. The number of rotatable bonds is 6. The van der Waals surface area contributed by atoms with Crippen molar-refractivity contribution in [3.63, 3.8) is 0 Å². The van der Waals surface area contributed by atoms with Crippen molar-refractivity contribution in [2.75, 3.05) is 19.0 Å². The van der Waals surface area contributed by atoms with Crippen LogP contribution in [0.25, 0.3) is 21.9 Å². The minimum absolute atomic E-state index is 0.0543. The predicted octanol–water partition coefficient (Wildman–Crippen LogP) is 4.97. The molecular formula is C23H18ClNO5. The average molecular weight is 424 g/mol. The Balaban J connectivity index is 1.43. The quantitative estimate of drug-likeness (QED) is 0.443. The van der Waals surface area contributed by atoms with Crippen LogP contribution in [0.3, 0.4) is 0 Å². The highest BCUT2D eigenvalue weighted by atomic mass is 35.5. The highest BCUT2D eigenvalue weighted by Gasteiger charge is 2.15. The number of amides is 1. The summed E-state index contributed by atoms with van der Waals surface area (Å²) in [6, 6.07) is 18.0. The fourth-order valence-corrected chi connectivity index (χ4v) is 3.30. The summed E-state index contributed by atoms with van der Waals surface area (Å²) in [5, 5.41) is 5.13. The first kappa shape index (κ1) is 19.8. The van der Waals surface area contributed by atoms with Crippen LogP contribution in [0.1, 0.15) is 5.56 Å². The monoisotopic (exact) mass is 423 g/mol. The van der Waals surface area contributed by atoms with E-state index < -0.39 is 18.5 Å². The van der Waals surface area contributed by atoms with Crippen LogP contribution < -0.4 is 10.1 Å². The molecule has 0 aliphatic heterocycles. The van der Waals surface area contributed by atoms with Gasteiger partial charge >= 0.3 is 5.97 Å². The summed E-state index contributed by atoms with van der Waals surface area (Å²) in [6.07, 6.45) is 0.0543. The number of furan rings is 1. The van der Waals surface area contributed by atoms with E-state index in [9.17, 15) is 9.59 Å². The zero-order valence-electron chi connectivity index (χ0n) is 16.1. The van der Waals surface area contributed by atoms with Gasteiger partial charge in [-0.05, 0) is 29.8 Å². The number of carbonyl (C=O) groups is 2. The van der Waals surface area contributed by atoms with Gasteiger partial charge in [-0.2, -0.15) is 0 Å². The Labute approximate surface area is 177 Å². The molecule has 0 aliphatic rings. The molecule has 0 atom stereocenters. The number of ether oxygens (including phenoxy) is 2. The predicted molar refractivity (Wildman–Crippen MR) is 115 cm³/mol. The zero-order chi connectivity index (χ0) is 21.1. The molecule has 0 saturated heterocycles. The van der Waals surface area contributed by atoms with E-state index in [2.05, 4.69) is 5.32 Å². The molecule has 30 heavy (non-hydrogen) atoms. The second-order valence-corrected chi connectivity index (χ2v) is 7.10. The summed E-state index contributed by atoms with van der Waals surface area (Å²) in [7, 11) is 1.52. The molecule has 1 aromatic heterocycles. The van der Waals surface area contributed by atoms with Crippen molar-refractivity contribution < 1.29 is 23.5 Å². The Morgan fingerprint density at radius 3 is 2.53 bits per heavy atom. The fourth-order valence-electron chi connectivity index (χ4n) is 3.17. The highest BCUT2D eigenvalue weighted by Crippen LogP contribution is 2.36. The maximum Gasteiger partial charge on any atom is 0.310 e. The molecule has 0 spiro atoms. The molecule has 1 heterocycles. The van der Waals surface area contributed by atoms with Crippen molar-refractivity contribution in [2.45, 2.75) is 6.42 Å². The minimum atomic E-state index is -0.507. The van der Waals surface area contributed by atoms with Crippen molar-refractivity contribution in [1.29, 1.82) is 0 Å². The van der Waals surface area contributed by atoms with Crippen molar-refractivity contribution in [2.24, 2.45) is 0 Å². The standard InChI is InChI=1S/C23H18ClNO5/c1-28-21-11-17-16-4-2-3-5-19(16)30-20(17)12-18(21)25-22(26)13-29-23(27)10-14-6-8-15(24)9-7-14/h2-9,11-12H,10,13H2,1H3,(H,25,26). The van der Waals surface area contributed by atoms with Crippen LogP contribution in [0.5, 0.6) is 5.75 Å². The average Bonchev–Trinajstić information content (AvgIpc) is 3.10. The van der Waals surface area contributed by atoms with Crippen LogP contribution in [0, 0.1) is 0 Å². The molecule has 0 saturated carbocycles. The second kappa shape index (κ2) is 8.47. The maximum atomic E-state index is 12.3. The minimum Gasteiger partial charge on any atom is -0.495 e. The van der Waals surface area contributed by atoms with Gasteiger partial charge in [0.1, 0.15) is 16.9 Å². The van der Waals surface area contributed by atoms with Crippen molar-refractivity contribution in [1.82, 2.24) is 0 Å². The van der Waals surface area contributed by atoms with Gasteiger partial charge in [0.15, 0.2) is 6.61 Å². The summed E-state index contributed by atoms with van der Waals surface area (Å²) in [6.45, 7) is -0.409. The Morgan fingerprint density at radius 1 is 1.00 bits per heavy atom. The van der Waals surface area contributed by atoms with Gasteiger partial charge in [-0.15, -0.1) is 0 Å². The molecule has 1 N–H and O–H groups in total. The van der Waals surface area contributed by atoms with Gasteiger partial charge in [-0.1, -0.05) is 41.9 Å². The summed E-state index contributed by atoms with van der Waals surface area (Å²) in [5.74, 6) is -0.504. The van der Waals surface area contributed by atoms with Crippen LogP contribution >= 0.6 is 11.6 Å². The molecule has 0 bridgehead atoms. The molecule has 4 rings (SSSR count). The van der Waals surface area contributed by atoms with E-state index >= 15 is 0 Å². The largest absolute Gasteiger partial charge is 0.495 e. The summed E-state index contributed by atoms with van der Waals surface area (Å²) in [5.41, 5.74) is 2.55. The van der Waals surface area contributed by atoms with E-state index in [0.29, 0.717) is 22.0 Å². The lowest BCUT2D eigenvalue weighted by Gasteiger charge is -2.11. The number of nitrogens with one attached hydrogen (secondary N) is 1. The van der Waals surface area contributed by atoms with Crippen LogP contribution in [0.15, 0.2) is 65.1 Å². The molecule has 6 nitrogen and oxygen atoms in total. The Hall–Kier alpha value is -3.51. The van der Waals surface area contributed by atoms with Gasteiger partial charge in [0.25, 0.3) is 5.91 Å². The van der Waals surface area contributed by atoms with Crippen LogP contribution in [-0.2, 0) is 20.7 Å². The van der Waals surface area contributed by atoms with Gasteiger partial charge < -0.3 is 19.2 Å². The number of anilines is 1. The second-order valence-electron chi connectivity index (χ2n) is 6.66. The lowest BCUT2D eigenvalue weighted by molar-refractivity contribution is -0.146. The smallest absolute Gasteiger partial charge is 0.310 e. The van der Waals surface area contributed by atoms with E-state index in [0.717, 1.165) is 21.9 Å². The number of carbonyl (C=O) groups excluding carboxylic acids is 2. The first-order valence-electron chi connectivity index (χ1n) is 9.22. The Morgan fingerprint density at radius 2 is 1.77 bits per heavy atom. The van der Waals surface area contributed by atoms with Gasteiger partial charge in [-0.25, -0.2) is 0 Å². The molecule has 0 radical (unpaired) electrons. The summed E-state index contributed by atoms with van der Waals surface area (Å²) >= 11 is 5.83. The van der Waals surface area contributed by atoms with E-state index in [1.807, 2.05) is 30.3 Å². The van der Waals surface area contributed by atoms with Crippen molar-refractivity contribution >= 4 is 51.1 Å². The van der Waals surface area contributed by atoms with E-state index in [4.69, 9.17) is 25.5 Å². The van der Waals surface area contributed by atoms with Crippen LogP contribution in [-0.4, -0.2) is 25.6 Å². The SMILES string of the molecule is COc1cc2c(cc1NC(=O)COC(=O)Cc1ccc(Cl)cc1)oc1ccccc12. The van der Waals surface area contributed by atoms with E-state index in [-0.39, 0.29) is 6.42 Å². The van der Waals surface area contributed by atoms with Gasteiger partial charge in [0.2, 0.25) is 0 Å². The van der Waals surface area contributed by atoms with Crippen LogP contribution in [0.4, 0.5) is 5.69 Å². The third-order valence-electron chi connectivity index (χ3n) is 4.60. The number of para-hydroxylation sites is 1. The summed E-state index contributed by atoms with van der Waals surface area (Å²) in [4.78, 5) is 24.3. The first-order valence-corrected chi connectivity index (χ1v) is 9.60. The number of fused-ring (bicyclic) bond motifs is 3. The normalized spacial score (nSPS) is 10.9. The molecule has 3 aromatic carbocycles. The third-order valence-corrected chi connectivity index (χ3v) is 4.85. The van der Waals surface area contributed by atoms with Crippen LogP contribution in [0.2, 0.25) is 5.02 Å². The number of benzene rings is 3. The number of hydrogen-bond acceptors (Lipinski definition) is 5. The van der Waals surface area contributed by atoms with Gasteiger partial charge in [0, 0.05) is 21.9 Å². The molecule has 152 valence electrons. The highest BCUT2D eigenvalue weighted by molar-refractivity contribution is 6.30. The summed E-state index contributed by atoms with van der Waals surface area (Å²) < 4.78 is 16.3. The number of halogens is 1. The number of methoxy groups -OCH3 is 1. The maximum absolute atomic E-state index is 12.3. The van der Waals surface area contributed by atoms with Crippen molar-refractivity contribution in [3.8, 4) is 5.75 Å². The van der Waals surface area contributed by atoms with Gasteiger partial charge in [0.05, 0.1) is 19.2 Å². The molecule has 0 aliphatic carbocycles. The molecular weight excluding hydrogens is 406 g/mol. The first-order chi connectivity index (χ1) is 14.5. The Bertz CT molecular complexity index is 1230. The third kappa shape index (κ3) is 4.23. The van der Waals surface area contributed by atoms with Gasteiger partial charge in [-0.3, -0.25) is 9.59 Å². The van der Waals surface area contributed by atoms with E-state index in [1.165, 1.54) is 7.11 Å². The lowest BCUT2D eigenvalue weighted by atomic mass is 10.1. The molecule has 0 fully saturated rings. The fraction of sp³-hybridized carbons (Fsp3) is 0.130. The van der Waals surface area contributed by atoms with E-state index in [1.54, 1.807) is 30.3 Å². The molecule has 7 heteroatoms. The molecule has 4 aromatic rings. The number of esters is 1. The molecule has 0 unspecified atom stereocenters. The number of hydrogen-bond donors (Lipinski definition) is 1. The topological polar surface area (TPSA) is 77.8 Å². The van der Waals surface area contributed by atoms with Crippen molar-refractivity contribution in [3.05, 3.63) is 71.2 Å².